The van der Waals surface area contributed by atoms with Crippen LogP contribution in [0.4, 0.5) is 0 Å². The molecule has 0 atom stereocenters. The van der Waals surface area contributed by atoms with Gasteiger partial charge in [0.2, 0.25) is 0 Å². The third-order valence-electron chi connectivity index (χ3n) is 3.70. The van der Waals surface area contributed by atoms with Crippen LogP contribution in [0.3, 0.4) is 0 Å². The molecule has 0 bridgehead atoms. The Kier molecular flexibility index (Phi) is 4.19. The lowest BCUT2D eigenvalue weighted by atomic mass is 10.1. The van der Waals surface area contributed by atoms with Crippen molar-refractivity contribution in [1.82, 2.24) is 14.8 Å². The second kappa shape index (κ2) is 6.28. The van der Waals surface area contributed by atoms with Crippen molar-refractivity contribution in [3.8, 4) is 17.3 Å². The molecule has 0 aliphatic rings. The van der Waals surface area contributed by atoms with Gasteiger partial charge >= 0.3 is 0 Å². The first-order valence-electron chi connectivity index (χ1n) is 7.80. The average molecular weight is 311 g/mol. The van der Waals surface area contributed by atoms with Crippen LogP contribution in [0.15, 0.2) is 36.5 Å². The highest BCUT2D eigenvalue weighted by Gasteiger charge is 2.11. The van der Waals surface area contributed by atoms with Gasteiger partial charge in [0, 0.05) is 23.7 Å². The lowest BCUT2D eigenvalue weighted by Crippen LogP contribution is -2.02. The lowest BCUT2D eigenvalue weighted by molar-refractivity contribution is 0.344. The van der Waals surface area contributed by atoms with Crippen molar-refractivity contribution < 1.29 is 9.47 Å². The van der Waals surface area contributed by atoms with Crippen LogP contribution in [0.2, 0.25) is 0 Å². The molecule has 0 unspecified atom stereocenters. The number of fused-ring (bicyclic) bond motifs is 1. The molecule has 23 heavy (non-hydrogen) atoms. The van der Waals surface area contributed by atoms with E-state index in [1.165, 1.54) is 0 Å². The molecule has 0 spiro atoms. The SMILES string of the molecule is CCOc1cc(-n2ccc(C(C)C)n2)nc2cc(OC)ccc12. The second-order valence-corrected chi connectivity index (χ2v) is 5.63. The van der Waals surface area contributed by atoms with Gasteiger partial charge < -0.3 is 9.47 Å². The fraction of sp³-hybridized carbons (Fsp3) is 0.333. The Morgan fingerprint density at radius 2 is 2.00 bits per heavy atom. The number of ether oxygens (including phenoxy) is 2. The molecule has 0 saturated heterocycles. The van der Waals surface area contributed by atoms with Crippen molar-refractivity contribution in [2.45, 2.75) is 26.7 Å². The normalized spacial score (nSPS) is 11.2. The van der Waals surface area contributed by atoms with Crippen LogP contribution >= 0.6 is 0 Å². The smallest absolute Gasteiger partial charge is 0.157 e. The van der Waals surface area contributed by atoms with E-state index in [0.29, 0.717) is 12.5 Å². The first kappa shape index (κ1) is 15.3. The molecule has 2 heterocycles. The van der Waals surface area contributed by atoms with E-state index in [2.05, 4.69) is 18.9 Å². The highest BCUT2D eigenvalue weighted by Crippen LogP contribution is 2.29. The van der Waals surface area contributed by atoms with Crippen LogP contribution in [0.5, 0.6) is 11.5 Å². The maximum Gasteiger partial charge on any atom is 0.157 e. The Morgan fingerprint density at radius 3 is 2.65 bits per heavy atom. The van der Waals surface area contributed by atoms with Crippen LogP contribution in [-0.2, 0) is 0 Å². The summed E-state index contributed by atoms with van der Waals surface area (Å²) in [5, 5.41) is 5.56. The van der Waals surface area contributed by atoms with Crippen LogP contribution in [-0.4, -0.2) is 28.5 Å². The highest BCUT2D eigenvalue weighted by molar-refractivity contribution is 5.87. The summed E-state index contributed by atoms with van der Waals surface area (Å²) >= 11 is 0. The van der Waals surface area contributed by atoms with E-state index >= 15 is 0 Å². The molecule has 0 aliphatic heterocycles. The fourth-order valence-corrected chi connectivity index (χ4v) is 2.46. The molecule has 5 heteroatoms. The summed E-state index contributed by atoms with van der Waals surface area (Å²) in [7, 11) is 1.65. The minimum Gasteiger partial charge on any atom is -0.497 e. The van der Waals surface area contributed by atoms with Crippen molar-refractivity contribution in [3.63, 3.8) is 0 Å². The Labute approximate surface area is 135 Å². The summed E-state index contributed by atoms with van der Waals surface area (Å²) < 4.78 is 12.9. The standard InChI is InChI=1S/C18H21N3O2/c1-5-23-17-11-18(21-9-8-15(20-21)12(2)3)19-16-10-13(22-4)6-7-14(16)17/h6-12H,5H2,1-4H3. The zero-order valence-electron chi connectivity index (χ0n) is 13.9. The van der Waals surface area contributed by atoms with E-state index in [1.807, 2.05) is 43.5 Å². The Balaban J connectivity index is 2.15. The van der Waals surface area contributed by atoms with Crippen molar-refractivity contribution in [1.29, 1.82) is 0 Å². The summed E-state index contributed by atoms with van der Waals surface area (Å²) in [5.74, 6) is 2.69. The Hall–Kier alpha value is -2.56. The monoisotopic (exact) mass is 311 g/mol. The number of hydrogen-bond donors (Lipinski definition) is 0. The van der Waals surface area contributed by atoms with E-state index in [4.69, 9.17) is 14.5 Å². The topological polar surface area (TPSA) is 49.2 Å². The fourth-order valence-electron chi connectivity index (χ4n) is 2.46. The number of nitrogens with zero attached hydrogens (tertiary/aromatic N) is 3. The molecule has 120 valence electrons. The summed E-state index contributed by atoms with van der Waals surface area (Å²) in [6.45, 7) is 6.81. The lowest BCUT2D eigenvalue weighted by Gasteiger charge is -2.11. The Morgan fingerprint density at radius 1 is 1.17 bits per heavy atom. The summed E-state index contributed by atoms with van der Waals surface area (Å²) in [4.78, 5) is 4.71. The molecule has 5 nitrogen and oxygen atoms in total. The van der Waals surface area contributed by atoms with Gasteiger partial charge in [-0.15, -0.1) is 0 Å². The van der Waals surface area contributed by atoms with Crippen molar-refractivity contribution in [3.05, 3.63) is 42.2 Å². The molecule has 2 aromatic heterocycles. The van der Waals surface area contributed by atoms with E-state index in [0.717, 1.165) is 33.9 Å². The van der Waals surface area contributed by atoms with E-state index in [-0.39, 0.29) is 0 Å². The zero-order chi connectivity index (χ0) is 16.4. The molecule has 0 aliphatic carbocycles. The summed E-state index contributed by atoms with van der Waals surface area (Å²) in [6, 6.07) is 9.74. The third-order valence-corrected chi connectivity index (χ3v) is 3.70. The molecule has 0 saturated carbocycles. The first-order valence-corrected chi connectivity index (χ1v) is 7.80. The van der Waals surface area contributed by atoms with Gasteiger partial charge in [-0.05, 0) is 31.0 Å². The number of methoxy groups -OCH3 is 1. The van der Waals surface area contributed by atoms with Gasteiger partial charge in [0.05, 0.1) is 24.9 Å². The van der Waals surface area contributed by atoms with Gasteiger partial charge in [-0.1, -0.05) is 13.8 Å². The molecule has 3 aromatic rings. The van der Waals surface area contributed by atoms with Crippen LogP contribution in [0, 0.1) is 0 Å². The van der Waals surface area contributed by atoms with Gasteiger partial charge in [0.25, 0.3) is 0 Å². The molecular formula is C18H21N3O2. The molecular weight excluding hydrogens is 290 g/mol. The quantitative estimate of drug-likeness (QED) is 0.716. The van der Waals surface area contributed by atoms with Gasteiger partial charge in [-0.2, -0.15) is 5.10 Å². The zero-order valence-corrected chi connectivity index (χ0v) is 13.9. The number of hydrogen-bond acceptors (Lipinski definition) is 4. The third kappa shape index (κ3) is 2.99. The second-order valence-electron chi connectivity index (χ2n) is 5.63. The Bertz CT molecular complexity index is 824. The van der Waals surface area contributed by atoms with Gasteiger partial charge in [0.15, 0.2) is 5.82 Å². The van der Waals surface area contributed by atoms with Crippen LogP contribution in [0.1, 0.15) is 32.4 Å². The highest BCUT2D eigenvalue weighted by atomic mass is 16.5. The van der Waals surface area contributed by atoms with Gasteiger partial charge in [-0.3, -0.25) is 0 Å². The van der Waals surface area contributed by atoms with Crippen molar-refractivity contribution >= 4 is 10.9 Å². The van der Waals surface area contributed by atoms with Crippen LogP contribution < -0.4 is 9.47 Å². The maximum atomic E-state index is 5.79. The summed E-state index contributed by atoms with van der Waals surface area (Å²) in [6.07, 6.45) is 1.93. The number of aromatic nitrogens is 3. The average Bonchev–Trinajstić information content (AvgIpc) is 3.04. The largest absolute Gasteiger partial charge is 0.497 e. The number of benzene rings is 1. The first-order chi connectivity index (χ1) is 11.1. The molecule has 0 amide bonds. The summed E-state index contributed by atoms with van der Waals surface area (Å²) in [5.41, 5.74) is 1.86. The number of pyridine rings is 1. The van der Waals surface area contributed by atoms with Crippen molar-refractivity contribution in [2.24, 2.45) is 0 Å². The maximum absolute atomic E-state index is 5.79. The van der Waals surface area contributed by atoms with Crippen LogP contribution in [0.25, 0.3) is 16.7 Å². The van der Waals surface area contributed by atoms with E-state index < -0.39 is 0 Å². The van der Waals surface area contributed by atoms with Gasteiger partial charge in [-0.25, -0.2) is 9.67 Å². The minimum atomic E-state index is 0.378. The van der Waals surface area contributed by atoms with E-state index in [9.17, 15) is 0 Å². The molecule has 0 radical (unpaired) electrons. The predicted molar refractivity (Wildman–Crippen MR) is 90.7 cm³/mol. The molecule has 3 rings (SSSR count). The van der Waals surface area contributed by atoms with Gasteiger partial charge in [0.1, 0.15) is 11.5 Å². The number of rotatable bonds is 5. The molecule has 0 fully saturated rings. The molecule has 0 N–H and O–H groups in total. The minimum absolute atomic E-state index is 0.378. The predicted octanol–water partition coefficient (Wildman–Crippen LogP) is 3.95. The van der Waals surface area contributed by atoms with E-state index in [1.54, 1.807) is 11.8 Å². The van der Waals surface area contributed by atoms with Crippen molar-refractivity contribution in [2.75, 3.05) is 13.7 Å². The molecule has 1 aromatic carbocycles.